The van der Waals surface area contributed by atoms with Crippen LogP contribution in [-0.4, -0.2) is 91.4 Å². The van der Waals surface area contributed by atoms with E-state index in [0.717, 1.165) is 31.6 Å². The molecule has 0 amide bonds. The van der Waals surface area contributed by atoms with Gasteiger partial charge in [-0.25, -0.2) is 8.78 Å². The van der Waals surface area contributed by atoms with E-state index in [0.29, 0.717) is 59.7 Å². The van der Waals surface area contributed by atoms with E-state index < -0.39 is 100.0 Å². The van der Waals surface area contributed by atoms with Gasteiger partial charge in [-0.3, -0.25) is 9.59 Å². The molecule has 2 aliphatic heterocycles. The third-order valence-electron chi connectivity index (χ3n) is 16.4. The van der Waals surface area contributed by atoms with E-state index in [2.05, 4.69) is 35.7 Å². The molecular weight excluding hydrogens is 851 g/mol. The number of hydrogen-bond donors (Lipinski definition) is 2. The number of hydrogen-bond acceptors (Lipinski definition) is 8. The highest BCUT2D eigenvalue weighted by atomic mass is 28.3. The Balaban J connectivity index is 0.000000152. The lowest BCUT2D eigenvalue weighted by Crippen LogP contribution is -2.68. The molecule has 348 valence electrons. The van der Waals surface area contributed by atoms with Gasteiger partial charge in [-0.1, -0.05) is 26.2 Å². The van der Waals surface area contributed by atoms with Crippen molar-refractivity contribution < 1.29 is 82.7 Å². The lowest BCUT2D eigenvalue weighted by Gasteiger charge is -2.44. The van der Waals surface area contributed by atoms with Gasteiger partial charge in [0.05, 0.1) is 18.4 Å². The van der Waals surface area contributed by atoms with Gasteiger partial charge in [-0.2, -0.15) is 35.1 Å². The lowest BCUT2D eigenvalue weighted by molar-refractivity contribution is -0.456. The highest BCUT2D eigenvalue weighted by Gasteiger charge is 2.77. The summed E-state index contributed by atoms with van der Waals surface area (Å²) in [5.41, 5.74) is 0. The molecule has 0 spiro atoms. The van der Waals surface area contributed by atoms with Crippen molar-refractivity contribution in [1.29, 1.82) is 0 Å². The Morgan fingerprint density at radius 3 is 1.52 bits per heavy atom. The van der Waals surface area contributed by atoms with Crippen LogP contribution >= 0.6 is 0 Å². The summed E-state index contributed by atoms with van der Waals surface area (Å²) in [6, 6.07) is 0. The highest BCUT2D eigenvalue weighted by molar-refractivity contribution is 6.74. The molecule has 2 N–H and O–H groups in total. The zero-order valence-corrected chi connectivity index (χ0v) is 35.8. The van der Waals surface area contributed by atoms with Gasteiger partial charge in [0.15, 0.2) is 6.10 Å². The predicted octanol–water partition coefficient (Wildman–Crippen LogP) is 9.00. The van der Waals surface area contributed by atoms with Crippen molar-refractivity contribution in [2.24, 2.45) is 82.9 Å². The fraction of sp³-hybridized carbons (Fsp3) is 0.952. The number of aliphatic hydroxyl groups is 2. The summed E-state index contributed by atoms with van der Waals surface area (Å²) in [6.45, 7) is 7.83. The average molecular weight is 909 g/mol. The van der Waals surface area contributed by atoms with Crippen molar-refractivity contribution in [3.63, 3.8) is 0 Å². The number of fused-ring (bicyclic) bond motifs is 18. The van der Waals surface area contributed by atoms with Crippen molar-refractivity contribution in [1.82, 2.24) is 0 Å². The van der Waals surface area contributed by atoms with Gasteiger partial charge in [0.2, 0.25) is 0 Å². The van der Waals surface area contributed by atoms with Crippen LogP contribution in [0.5, 0.6) is 0 Å². The number of rotatable bonds is 5. The first-order chi connectivity index (χ1) is 28.1. The van der Waals surface area contributed by atoms with Crippen LogP contribution in [0.3, 0.4) is 0 Å². The molecule has 8 nitrogen and oxygen atoms in total. The minimum Gasteiger partial charge on any atom is -0.463 e. The van der Waals surface area contributed by atoms with E-state index in [1.165, 1.54) is 32.1 Å². The molecule has 0 aromatic heterocycles. The molecule has 10 rings (SSSR count). The zero-order chi connectivity index (χ0) is 44.6. The monoisotopic (exact) mass is 908 g/mol. The highest BCUT2D eigenvalue weighted by Crippen LogP contribution is 2.70. The first-order valence-electron chi connectivity index (χ1n) is 22.1. The van der Waals surface area contributed by atoms with E-state index in [4.69, 9.17) is 9.47 Å². The normalized spacial score (nSPS) is 47.9. The Labute approximate surface area is 349 Å². The molecule has 2 saturated heterocycles. The van der Waals surface area contributed by atoms with Crippen molar-refractivity contribution in [2.75, 3.05) is 13.2 Å². The number of halogens is 10. The second kappa shape index (κ2) is 15.2. The molecule has 2 heterocycles. The van der Waals surface area contributed by atoms with Crippen LogP contribution in [0, 0.1) is 82.9 Å². The molecule has 10 fully saturated rings. The molecule has 18 atom stereocenters. The van der Waals surface area contributed by atoms with Gasteiger partial charge in [-0.05, 0) is 135 Å². The van der Waals surface area contributed by atoms with Crippen LogP contribution in [0.2, 0.25) is 26.2 Å². The maximum atomic E-state index is 14.4. The number of carbonyl (C=O) groups is 2. The third kappa shape index (κ3) is 7.56. The molecular formula is C42H58F10O8Si. The summed E-state index contributed by atoms with van der Waals surface area (Å²) in [4.78, 5) is 25.2. The van der Waals surface area contributed by atoms with Crippen LogP contribution < -0.4 is 0 Å². The summed E-state index contributed by atoms with van der Waals surface area (Å²) >= 11 is 0. The Hall–Kier alpha value is -1.70. The second-order valence-corrected chi connectivity index (χ2v) is 27.7. The van der Waals surface area contributed by atoms with Crippen LogP contribution in [0.4, 0.5) is 43.9 Å². The quantitative estimate of drug-likeness (QED) is 0.122. The number of ether oxygens (including phenoxy) is 4. The average Bonchev–Trinajstić information content (AvgIpc) is 3.99. The SMILES string of the molecule is C[Si](C)(C)C.O=C(OC1CCOC(O)(C(F)(F)F)C1(F)F)C1CC2CC1C1C3CCC(C3)C21.O=C(OCC1CC(F)(F)C(O)(C(F)(F)F)O1)C1CC2CC1C1C3CCC(C3)C21. The Morgan fingerprint density at radius 2 is 1.08 bits per heavy atom. The van der Waals surface area contributed by atoms with Crippen molar-refractivity contribution in [3.05, 3.63) is 0 Å². The number of esters is 2. The predicted molar refractivity (Wildman–Crippen MR) is 197 cm³/mol. The van der Waals surface area contributed by atoms with E-state index in [9.17, 15) is 63.7 Å². The molecule has 0 aromatic rings. The third-order valence-corrected chi connectivity index (χ3v) is 16.4. The van der Waals surface area contributed by atoms with Crippen molar-refractivity contribution >= 4 is 20.0 Å². The topological polar surface area (TPSA) is 112 Å². The molecule has 8 saturated carbocycles. The minimum atomic E-state index is -5.70. The summed E-state index contributed by atoms with van der Waals surface area (Å²) in [5.74, 6) is -14.4. The fourth-order valence-electron chi connectivity index (χ4n) is 14.6. The number of alkyl halides is 10. The van der Waals surface area contributed by atoms with E-state index in [1.54, 1.807) is 0 Å². The minimum absolute atomic E-state index is 0.0905. The Morgan fingerprint density at radius 1 is 0.639 bits per heavy atom. The van der Waals surface area contributed by atoms with E-state index >= 15 is 0 Å². The maximum absolute atomic E-state index is 14.4. The summed E-state index contributed by atoms with van der Waals surface area (Å²) in [6.07, 6.45) is -6.86. The molecule has 8 bridgehead atoms. The van der Waals surface area contributed by atoms with Gasteiger partial charge in [0, 0.05) is 20.9 Å². The Kier molecular flexibility index (Phi) is 11.4. The smallest absolute Gasteiger partial charge is 0.449 e. The van der Waals surface area contributed by atoms with Gasteiger partial charge in [0.25, 0.3) is 0 Å². The van der Waals surface area contributed by atoms with Gasteiger partial charge >= 0.3 is 47.7 Å². The van der Waals surface area contributed by atoms with Crippen LogP contribution in [0.25, 0.3) is 0 Å². The van der Waals surface area contributed by atoms with Crippen LogP contribution in [0.15, 0.2) is 0 Å². The van der Waals surface area contributed by atoms with Gasteiger partial charge in [0.1, 0.15) is 12.7 Å². The summed E-state index contributed by atoms with van der Waals surface area (Å²) in [7, 11) is -0.611. The maximum Gasteiger partial charge on any atom is 0.449 e. The Bertz CT molecular complexity index is 1690. The zero-order valence-electron chi connectivity index (χ0n) is 34.8. The van der Waals surface area contributed by atoms with Gasteiger partial charge < -0.3 is 29.2 Å². The fourth-order valence-corrected chi connectivity index (χ4v) is 14.6. The lowest BCUT2D eigenvalue weighted by atomic mass is 9.67. The van der Waals surface area contributed by atoms with Crippen molar-refractivity contribution in [3.8, 4) is 0 Å². The second-order valence-electron chi connectivity index (χ2n) is 21.7. The van der Waals surface area contributed by atoms with E-state index in [1.807, 2.05) is 0 Å². The molecule has 0 aromatic carbocycles. The molecule has 18 unspecified atom stereocenters. The standard InChI is InChI=1S/2C19H23F5O4.C4H12Si/c20-17(21)6-11(28-18(17,26)19(22,23)24)7-27-16(25)13-5-10-4-12(13)15-9-2-1-8(3-9)14(10)15;20-17(21)13(3-4-27-18(17,26)19(22,23)24)28-16(25)12-7-10-6-11(12)15-9-2-1-8(5-9)14(10)15;1-5(2,3)4/h2*8-15,26H,1-7H2;1-4H3. The first-order valence-corrected chi connectivity index (χ1v) is 26.1. The van der Waals surface area contributed by atoms with Crippen LogP contribution in [0.1, 0.15) is 77.0 Å². The van der Waals surface area contributed by atoms with Crippen LogP contribution in [-0.2, 0) is 28.5 Å². The molecule has 10 aliphatic rings. The largest absolute Gasteiger partial charge is 0.463 e. The first kappa shape index (κ1) is 45.8. The molecule has 19 heteroatoms. The van der Waals surface area contributed by atoms with E-state index in [-0.39, 0.29) is 17.8 Å². The van der Waals surface area contributed by atoms with Gasteiger partial charge in [-0.15, -0.1) is 0 Å². The molecule has 0 radical (unpaired) electrons. The molecule has 61 heavy (non-hydrogen) atoms. The summed E-state index contributed by atoms with van der Waals surface area (Å²) in [5, 5.41) is 18.8. The number of carbonyl (C=O) groups excluding carboxylic acids is 2. The summed E-state index contributed by atoms with van der Waals surface area (Å²) < 4.78 is 152. The van der Waals surface area contributed by atoms with Crippen molar-refractivity contribution in [2.45, 2.75) is 151 Å². The molecule has 8 aliphatic carbocycles.